The summed E-state index contributed by atoms with van der Waals surface area (Å²) in [7, 11) is 0. The minimum Gasteiger partial charge on any atom is -0.300 e. The fourth-order valence-corrected chi connectivity index (χ4v) is 2.85. The highest BCUT2D eigenvalue weighted by Gasteiger charge is 2.34. The van der Waals surface area contributed by atoms with Gasteiger partial charge in [-0.25, -0.2) is 4.39 Å². The first-order chi connectivity index (χ1) is 10.3. The summed E-state index contributed by atoms with van der Waals surface area (Å²) in [5.74, 6) is 0.492. The van der Waals surface area contributed by atoms with E-state index in [2.05, 4.69) is 20.8 Å². The fraction of sp³-hybridized carbons (Fsp3) is 0.667. The summed E-state index contributed by atoms with van der Waals surface area (Å²) in [6, 6.07) is 5.28. The number of ketones is 1. The Hall–Kier alpha value is -1.18. The van der Waals surface area contributed by atoms with Gasteiger partial charge >= 0.3 is 0 Å². The van der Waals surface area contributed by atoms with E-state index < -0.39 is 0 Å². The van der Waals surface area contributed by atoms with Crippen molar-refractivity contribution in [3.63, 3.8) is 0 Å². The Labute approximate surface area is 143 Å². The van der Waals surface area contributed by atoms with Gasteiger partial charge in [0.2, 0.25) is 0 Å². The predicted octanol–water partition coefficient (Wildman–Crippen LogP) is 6.86. The van der Waals surface area contributed by atoms with Gasteiger partial charge in [0, 0.05) is 18.3 Å². The van der Waals surface area contributed by atoms with Crippen molar-refractivity contribution in [2.24, 2.45) is 5.92 Å². The molecule has 23 heavy (non-hydrogen) atoms. The molecule has 0 bridgehead atoms. The van der Waals surface area contributed by atoms with Gasteiger partial charge < -0.3 is 0 Å². The topological polar surface area (TPSA) is 17.1 Å². The first kappa shape index (κ1) is 24.1. The van der Waals surface area contributed by atoms with Gasteiger partial charge in [0.25, 0.3) is 0 Å². The molecule has 1 aromatic carbocycles. The molecule has 0 N–H and O–H groups in total. The van der Waals surface area contributed by atoms with Crippen molar-refractivity contribution in [1.82, 2.24) is 0 Å². The van der Waals surface area contributed by atoms with Crippen LogP contribution in [-0.2, 0) is 10.2 Å². The summed E-state index contributed by atoms with van der Waals surface area (Å²) in [4.78, 5) is 12.0. The van der Waals surface area contributed by atoms with Crippen molar-refractivity contribution in [2.75, 3.05) is 0 Å². The zero-order chi connectivity index (χ0) is 17.3. The van der Waals surface area contributed by atoms with Crippen LogP contribution >= 0.6 is 0 Å². The first-order valence-electron chi connectivity index (χ1n) is 8.63. The van der Waals surface area contributed by atoms with E-state index in [4.69, 9.17) is 0 Å². The molecule has 2 unspecified atom stereocenters. The molecule has 1 rings (SSSR count). The Bertz CT molecular complexity index is 467. The Morgan fingerprint density at radius 1 is 1.26 bits per heavy atom. The average Bonchev–Trinajstić information content (AvgIpc) is 2.51. The summed E-state index contributed by atoms with van der Waals surface area (Å²) in [5.41, 5.74) is 1.53. The van der Waals surface area contributed by atoms with Gasteiger partial charge in [0.05, 0.1) is 0 Å². The molecule has 0 heterocycles. The molecule has 2 heteroatoms. The second-order valence-corrected chi connectivity index (χ2v) is 6.14. The molecule has 134 valence electrons. The molecular formula is C21H37FO. The first-order valence-corrected chi connectivity index (χ1v) is 8.63. The molecular weight excluding hydrogens is 287 g/mol. The van der Waals surface area contributed by atoms with E-state index in [1.807, 2.05) is 32.9 Å². The third kappa shape index (κ3) is 6.45. The van der Waals surface area contributed by atoms with Crippen LogP contribution in [0, 0.1) is 18.7 Å². The lowest BCUT2D eigenvalue weighted by molar-refractivity contribution is -0.120. The van der Waals surface area contributed by atoms with E-state index >= 15 is 0 Å². The van der Waals surface area contributed by atoms with Crippen molar-refractivity contribution in [1.29, 1.82) is 0 Å². The van der Waals surface area contributed by atoms with Crippen LogP contribution in [0.15, 0.2) is 18.2 Å². The lowest BCUT2D eigenvalue weighted by Crippen LogP contribution is -2.33. The lowest BCUT2D eigenvalue weighted by Gasteiger charge is -2.36. The molecule has 1 nitrogen and oxygen atoms in total. The number of hydrogen-bond donors (Lipinski definition) is 0. The summed E-state index contributed by atoms with van der Waals surface area (Å²) < 4.78 is 13.5. The zero-order valence-corrected chi connectivity index (χ0v) is 15.4. The van der Waals surface area contributed by atoms with Crippen LogP contribution in [0.1, 0.15) is 85.8 Å². The number of aryl methyl sites for hydroxylation is 1. The van der Waals surface area contributed by atoms with Gasteiger partial charge in [0.1, 0.15) is 11.6 Å². The zero-order valence-electron chi connectivity index (χ0n) is 15.4. The van der Waals surface area contributed by atoms with Gasteiger partial charge in [-0.1, -0.05) is 73.9 Å². The van der Waals surface area contributed by atoms with Crippen molar-refractivity contribution >= 4 is 5.78 Å². The Morgan fingerprint density at radius 2 is 1.83 bits per heavy atom. The monoisotopic (exact) mass is 324 g/mol. The maximum absolute atomic E-state index is 13.5. The third-order valence-electron chi connectivity index (χ3n) is 4.59. The van der Waals surface area contributed by atoms with Crippen LogP contribution in [-0.4, -0.2) is 5.78 Å². The maximum atomic E-state index is 13.5. The molecule has 0 amide bonds. The van der Waals surface area contributed by atoms with Crippen molar-refractivity contribution in [3.05, 3.63) is 35.1 Å². The van der Waals surface area contributed by atoms with Crippen LogP contribution in [0.3, 0.4) is 0 Å². The second kappa shape index (κ2) is 11.4. The standard InChI is InChI=1S/C18H27FO.C2H6.CH4/c1-6-8-14(4)18(5,12-16(20)7-2)15-9-10-17(19)13(3)11-15;1-2;/h9-11,14H,6-8,12H2,1-5H3;1-2H3;1H4. The molecule has 2 atom stereocenters. The molecule has 0 aliphatic heterocycles. The normalized spacial score (nSPS) is 13.9. The van der Waals surface area contributed by atoms with E-state index in [1.165, 1.54) is 6.07 Å². The van der Waals surface area contributed by atoms with Gasteiger partial charge in [-0.2, -0.15) is 0 Å². The lowest BCUT2D eigenvalue weighted by atomic mass is 9.67. The van der Waals surface area contributed by atoms with Crippen LogP contribution < -0.4 is 0 Å². The summed E-state index contributed by atoms with van der Waals surface area (Å²) >= 11 is 0. The number of carbonyl (C=O) groups excluding carboxylic acids is 1. The third-order valence-corrected chi connectivity index (χ3v) is 4.59. The van der Waals surface area contributed by atoms with Crippen LogP contribution in [0.25, 0.3) is 0 Å². The molecule has 0 saturated heterocycles. The van der Waals surface area contributed by atoms with Crippen molar-refractivity contribution in [3.8, 4) is 0 Å². The number of halogens is 1. The number of rotatable bonds is 7. The molecule has 1 aromatic rings. The van der Waals surface area contributed by atoms with E-state index in [9.17, 15) is 9.18 Å². The van der Waals surface area contributed by atoms with Crippen LogP contribution in [0.4, 0.5) is 4.39 Å². The van der Waals surface area contributed by atoms with E-state index in [0.717, 1.165) is 18.4 Å². The minimum atomic E-state index is -0.207. The van der Waals surface area contributed by atoms with E-state index in [1.54, 1.807) is 6.92 Å². The molecule has 0 aliphatic carbocycles. The number of benzene rings is 1. The molecule has 0 spiro atoms. The Balaban J connectivity index is 0. The van der Waals surface area contributed by atoms with Crippen LogP contribution in [0.5, 0.6) is 0 Å². The molecule has 0 fully saturated rings. The number of carbonyl (C=O) groups is 1. The highest BCUT2D eigenvalue weighted by Crippen LogP contribution is 2.39. The van der Waals surface area contributed by atoms with Gasteiger partial charge in [-0.05, 0) is 30.0 Å². The minimum absolute atomic E-state index is 0. The SMILES string of the molecule is C.CC.CCCC(C)C(C)(CC(=O)CC)c1ccc(F)c(C)c1. The summed E-state index contributed by atoms with van der Waals surface area (Å²) in [5, 5.41) is 0. The predicted molar refractivity (Wildman–Crippen MR) is 101 cm³/mol. The number of Topliss-reactive ketones (excluding diaryl/α,β-unsaturated/α-hetero) is 1. The quantitative estimate of drug-likeness (QED) is 0.535. The van der Waals surface area contributed by atoms with Crippen molar-refractivity contribution < 1.29 is 9.18 Å². The van der Waals surface area contributed by atoms with Gasteiger partial charge in [0.15, 0.2) is 0 Å². The summed E-state index contributed by atoms with van der Waals surface area (Å²) in [6.07, 6.45) is 3.27. The molecule has 0 saturated carbocycles. The highest BCUT2D eigenvalue weighted by atomic mass is 19.1. The van der Waals surface area contributed by atoms with E-state index in [-0.39, 0.29) is 24.4 Å². The largest absolute Gasteiger partial charge is 0.300 e. The summed E-state index contributed by atoms with van der Waals surface area (Å²) in [6.45, 7) is 14.2. The van der Waals surface area contributed by atoms with Gasteiger partial charge in [-0.15, -0.1) is 0 Å². The maximum Gasteiger partial charge on any atom is 0.133 e. The molecule has 0 radical (unpaired) electrons. The fourth-order valence-electron chi connectivity index (χ4n) is 2.85. The highest BCUT2D eigenvalue weighted by molar-refractivity contribution is 5.79. The van der Waals surface area contributed by atoms with Crippen LogP contribution in [0.2, 0.25) is 0 Å². The smallest absolute Gasteiger partial charge is 0.133 e. The Kier molecular flexibility index (Phi) is 11.9. The van der Waals surface area contributed by atoms with Crippen molar-refractivity contribution in [2.45, 2.75) is 87.0 Å². The average molecular weight is 325 g/mol. The van der Waals surface area contributed by atoms with E-state index in [0.29, 0.717) is 24.3 Å². The Morgan fingerprint density at radius 3 is 2.26 bits per heavy atom. The molecule has 0 aromatic heterocycles. The molecule has 0 aliphatic rings. The number of hydrogen-bond acceptors (Lipinski definition) is 1. The van der Waals surface area contributed by atoms with Gasteiger partial charge in [-0.3, -0.25) is 4.79 Å². The second-order valence-electron chi connectivity index (χ2n) is 6.14.